The largest absolute Gasteiger partial charge is 0.493 e. The van der Waals surface area contributed by atoms with Gasteiger partial charge in [-0.1, -0.05) is 0 Å². The second-order valence-corrected chi connectivity index (χ2v) is 7.59. The van der Waals surface area contributed by atoms with Crippen LogP contribution in [0.3, 0.4) is 0 Å². The zero-order valence-electron chi connectivity index (χ0n) is 16.8. The lowest BCUT2D eigenvalue weighted by Gasteiger charge is -2.18. The molecule has 4 rings (SSSR count). The van der Waals surface area contributed by atoms with E-state index in [0.29, 0.717) is 35.9 Å². The predicted octanol–water partition coefficient (Wildman–Crippen LogP) is 4.60. The van der Waals surface area contributed by atoms with Gasteiger partial charge in [-0.25, -0.2) is 18.8 Å². The second-order valence-electron chi connectivity index (χ2n) is 7.25. The first-order chi connectivity index (χ1) is 14.3. The molecule has 9 heteroatoms. The molecule has 1 aliphatic heterocycles. The van der Waals surface area contributed by atoms with E-state index >= 15 is 0 Å². The highest BCUT2D eigenvalue weighted by atomic mass is 35.5. The average Bonchev–Trinajstić information content (AvgIpc) is 3.09. The van der Waals surface area contributed by atoms with E-state index in [-0.39, 0.29) is 17.9 Å². The topological polar surface area (TPSA) is 65.9 Å². The maximum Gasteiger partial charge on any atom is 0.245 e. The number of benzene rings is 2. The molecular weight excluding hydrogens is 413 g/mol. The van der Waals surface area contributed by atoms with E-state index in [0.717, 1.165) is 5.39 Å². The number of ether oxygens (including phenoxy) is 4. The van der Waals surface area contributed by atoms with Gasteiger partial charge in [0.2, 0.25) is 5.95 Å². The molecule has 158 valence electrons. The monoisotopic (exact) mass is 433 g/mol. The predicted molar refractivity (Wildman–Crippen MR) is 111 cm³/mol. The highest BCUT2D eigenvalue weighted by Crippen LogP contribution is 2.34. The molecule has 1 aliphatic rings. The van der Waals surface area contributed by atoms with Crippen molar-refractivity contribution in [1.82, 2.24) is 9.97 Å². The molecule has 1 aromatic heterocycles. The van der Waals surface area contributed by atoms with Gasteiger partial charge in [0.15, 0.2) is 17.3 Å². The molecule has 0 amide bonds. The van der Waals surface area contributed by atoms with Crippen LogP contribution >= 0.6 is 11.8 Å². The molecule has 1 atom stereocenters. The molecule has 3 aromatic rings. The molecule has 0 aliphatic carbocycles. The SMILES string of the molecule is COc1cc2nc(N(Cl)c3ccc(F)cc3)ncc2cc1OC[C@H]1COC(C)(C)O1. The Hall–Kier alpha value is -2.68. The number of nitrogens with zero attached hydrogens (tertiary/aromatic N) is 3. The normalized spacial score (nSPS) is 17.8. The van der Waals surface area contributed by atoms with E-state index in [2.05, 4.69) is 9.97 Å². The Morgan fingerprint density at radius 2 is 2.00 bits per heavy atom. The first-order valence-corrected chi connectivity index (χ1v) is 9.69. The van der Waals surface area contributed by atoms with E-state index in [1.807, 2.05) is 13.8 Å². The molecule has 2 aromatic carbocycles. The van der Waals surface area contributed by atoms with Crippen LogP contribution in [-0.4, -0.2) is 42.2 Å². The molecule has 0 bridgehead atoms. The third kappa shape index (κ3) is 4.40. The van der Waals surface area contributed by atoms with Crippen molar-refractivity contribution in [2.75, 3.05) is 24.7 Å². The summed E-state index contributed by atoms with van der Waals surface area (Å²) in [5.74, 6) is 0.372. The number of halogens is 2. The Labute approximate surface area is 178 Å². The number of methoxy groups -OCH3 is 1. The smallest absolute Gasteiger partial charge is 0.245 e. The highest BCUT2D eigenvalue weighted by Gasteiger charge is 2.33. The van der Waals surface area contributed by atoms with Gasteiger partial charge in [-0.15, -0.1) is 0 Å². The molecule has 0 spiro atoms. The molecule has 7 nitrogen and oxygen atoms in total. The quantitative estimate of drug-likeness (QED) is 0.526. The molecule has 0 saturated carbocycles. The molecule has 2 heterocycles. The summed E-state index contributed by atoms with van der Waals surface area (Å²) in [6.07, 6.45) is 1.47. The number of hydrogen-bond acceptors (Lipinski definition) is 7. The van der Waals surface area contributed by atoms with E-state index in [1.165, 1.54) is 16.6 Å². The minimum Gasteiger partial charge on any atom is -0.493 e. The van der Waals surface area contributed by atoms with Crippen LogP contribution < -0.4 is 13.9 Å². The van der Waals surface area contributed by atoms with Crippen LogP contribution in [0, 0.1) is 5.82 Å². The van der Waals surface area contributed by atoms with E-state index in [9.17, 15) is 4.39 Å². The van der Waals surface area contributed by atoms with Crippen molar-refractivity contribution in [2.24, 2.45) is 0 Å². The molecule has 1 fully saturated rings. The number of hydrogen-bond donors (Lipinski definition) is 0. The zero-order valence-corrected chi connectivity index (χ0v) is 17.5. The Balaban J connectivity index is 1.56. The average molecular weight is 434 g/mol. The van der Waals surface area contributed by atoms with Gasteiger partial charge in [-0.05, 0) is 44.2 Å². The van der Waals surface area contributed by atoms with Gasteiger partial charge in [-0.2, -0.15) is 0 Å². The van der Waals surface area contributed by atoms with Crippen LogP contribution in [-0.2, 0) is 9.47 Å². The third-order valence-electron chi connectivity index (χ3n) is 4.57. The van der Waals surface area contributed by atoms with Crippen LogP contribution in [0.4, 0.5) is 16.0 Å². The third-order valence-corrected chi connectivity index (χ3v) is 4.92. The van der Waals surface area contributed by atoms with Gasteiger partial charge in [0.25, 0.3) is 0 Å². The van der Waals surface area contributed by atoms with Gasteiger partial charge in [0.1, 0.15) is 18.5 Å². The number of rotatable bonds is 6. The lowest BCUT2D eigenvalue weighted by Crippen LogP contribution is -2.25. The molecule has 1 saturated heterocycles. The van der Waals surface area contributed by atoms with Crippen LogP contribution in [0.5, 0.6) is 11.5 Å². The van der Waals surface area contributed by atoms with Crippen LogP contribution in [0.15, 0.2) is 42.6 Å². The molecule has 0 N–H and O–H groups in total. The first-order valence-electron chi connectivity index (χ1n) is 9.35. The zero-order chi connectivity index (χ0) is 21.3. The summed E-state index contributed by atoms with van der Waals surface area (Å²) in [6, 6.07) is 9.28. The molecule has 0 radical (unpaired) electrons. The van der Waals surface area contributed by atoms with Crippen LogP contribution in [0.2, 0.25) is 0 Å². The van der Waals surface area contributed by atoms with Crippen LogP contribution in [0.25, 0.3) is 10.9 Å². The maximum atomic E-state index is 13.1. The molecule has 30 heavy (non-hydrogen) atoms. The molecular formula is C21H21ClFN3O4. The Morgan fingerprint density at radius 3 is 2.67 bits per heavy atom. The van der Waals surface area contributed by atoms with E-state index in [1.54, 1.807) is 37.6 Å². The Morgan fingerprint density at radius 1 is 1.23 bits per heavy atom. The summed E-state index contributed by atoms with van der Waals surface area (Å²) in [6.45, 7) is 4.52. The molecule has 0 unspecified atom stereocenters. The first kappa shape index (κ1) is 20.6. The lowest BCUT2D eigenvalue weighted by molar-refractivity contribution is -0.141. The van der Waals surface area contributed by atoms with E-state index in [4.69, 9.17) is 30.7 Å². The summed E-state index contributed by atoms with van der Waals surface area (Å²) in [5, 5.41) is 0.752. The standard InChI is InChI=1S/C21H21ClFN3O4/c1-21(2)29-12-16(30-21)11-28-19-8-13-10-24-20(25-17(13)9-18(19)27-3)26(22)15-6-4-14(23)5-7-15/h4-10,16H,11-12H2,1-3H3/t16-/m0/s1. The Bertz CT molecular complexity index is 1050. The highest BCUT2D eigenvalue weighted by molar-refractivity contribution is 6.28. The minimum absolute atomic E-state index is 0.167. The lowest BCUT2D eigenvalue weighted by atomic mass is 10.2. The van der Waals surface area contributed by atoms with E-state index < -0.39 is 5.79 Å². The second kappa shape index (κ2) is 8.22. The number of anilines is 2. The minimum atomic E-state index is -0.607. The van der Waals surface area contributed by atoms with Crippen molar-refractivity contribution < 1.29 is 23.3 Å². The fourth-order valence-corrected chi connectivity index (χ4v) is 3.31. The Kier molecular flexibility index (Phi) is 5.64. The summed E-state index contributed by atoms with van der Waals surface area (Å²) < 4.78 is 37.1. The number of fused-ring (bicyclic) bond motifs is 1. The van der Waals surface area contributed by atoms with Crippen molar-refractivity contribution in [2.45, 2.75) is 25.7 Å². The van der Waals surface area contributed by atoms with Crippen molar-refractivity contribution >= 4 is 34.3 Å². The van der Waals surface area contributed by atoms with Crippen molar-refractivity contribution in [3.8, 4) is 11.5 Å². The summed E-state index contributed by atoms with van der Waals surface area (Å²) in [7, 11) is 1.56. The summed E-state index contributed by atoms with van der Waals surface area (Å²) in [5.41, 5.74) is 1.17. The fourth-order valence-electron chi connectivity index (χ4n) is 3.11. The fraction of sp³-hybridized carbons (Fsp3) is 0.333. The van der Waals surface area contributed by atoms with Crippen LogP contribution in [0.1, 0.15) is 13.8 Å². The van der Waals surface area contributed by atoms with Gasteiger partial charge in [-0.3, -0.25) is 0 Å². The van der Waals surface area contributed by atoms with Crippen molar-refractivity contribution in [3.63, 3.8) is 0 Å². The van der Waals surface area contributed by atoms with Crippen molar-refractivity contribution in [3.05, 3.63) is 48.4 Å². The van der Waals surface area contributed by atoms with Gasteiger partial charge in [0, 0.05) is 29.4 Å². The van der Waals surface area contributed by atoms with Gasteiger partial charge in [0.05, 0.1) is 24.9 Å². The summed E-state index contributed by atoms with van der Waals surface area (Å²) in [4.78, 5) is 8.80. The van der Waals surface area contributed by atoms with Gasteiger partial charge >= 0.3 is 0 Å². The summed E-state index contributed by atoms with van der Waals surface area (Å²) >= 11 is 6.34. The maximum absolute atomic E-state index is 13.1. The van der Waals surface area contributed by atoms with Gasteiger partial charge < -0.3 is 18.9 Å². The number of aromatic nitrogens is 2. The van der Waals surface area contributed by atoms with Crippen molar-refractivity contribution in [1.29, 1.82) is 0 Å².